The molecule has 1 aliphatic rings. The number of aromatic nitrogens is 2. The Bertz CT molecular complexity index is 795. The summed E-state index contributed by atoms with van der Waals surface area (Å²) in [6, 6.07) is 7.87. The lowest BCUT2D eigenvalue weighted by molar-refractivity contribution is 0.327. The van der Waals surface area contributed by atoms with E-state index in [1.165, 1.54) is 0 Å². The van der Waals surface area contributed by atoms with E-state index in [2.05, 4.69) is 15.3 Å². The predicted octanol–water partition coefficient (Wildman–Crippen LogP) is 2.87. The highest BCUT2D eigenvalue weighted by Crippen LogP contribution is 2.42. The summed E-state index contributed by atoms with van der Waals surface area (Å²) in [5.41, 5.74) is 2.66. The molecule has 0 saturated heterocycles. The van der Waals surface area contributed by atoms with Crippen molar-refractivity contribution in [2.24, 2.45) is 0 Å². The first-order valence-corrected chi connectivity index (χ1v) is 6.55. The van der Waals surface area contributed by atoms with Gasteiger partial charge in [0.05, 0.1) is 12.0 Å². The van der Waals surface area contributed by atoms with E-state index in [1.807, 2.05) is 31.3 Å². The fourth-order valence-electron chi connectivity index (χ4n) is 2.64. The Morgan fingerprint density at radius 1 is 1.20 bits per heavy atom. The third kappa shape index (κ3) is 1.49. The third-order valence-corrected chi connectivity index (χ3v) is 3.55. The van der Waals surface area contributed by atoms with E-state index in [0.717, 1.165) is 40.2 Å². The van der Waals surface area contributed by atoms with Gasteiger partial charge in [-0.25, -0.2) is 9.97 Å². The van der Waals surface area contributed by atoms with Gasteiger partial charge in [-0.3, -0.25) is 0 Å². The summed E-state index contributed by atoms with van der Waals surface area (Å²) in [7, 11) is 1.86. The highest BCUT2D eigenvalue weighted by Gasteiger charge is 2.25. The van der Waals surface area contributed by atoms with Crippen LogP contribution in [0.3, 0.4) is 0 Å². The van der Waals surface area contributed by atoms with Crippen molar-refractivity contribution in [3.63, 3.8) is 0 Å². The highest BCUT2D eigenvalue weighted by molar-refractivity contribution is 5.92. The van der Waals surface area contributed by atoms with Gasteiger partial charge in [-0.05, 0) is 12.1 Å². The maximum absolute atomic E-state index is 5.95. The van der Waals surface area contributed by atoms with Crippen LogP contribution in [0.5, 0.6) is 5.75 Å². The van der Waals surface area contributed by atoms with Crippen molar-refractivity contribution in [3.8, 4) is 17.2 Å². The minimum absolute atomic E-state index is 0.589. The van der Waals surface area contributed by atoms with E-state index in [9.17, 15) is 0 Å². The molecule has 100 valence electrons. The average Bonchev–Trinajstić information content (AvgIpc) is 2.76. The first-order valence-electron chi connectivity index (χ1n) is 6.55. The van der Waals surface area contributed by atoms with Gasteiger partial charge in [0, 0.05) is 19.0 Å². The number of ether oxygens (including phenoxy) is 1. The van der Waals surface area contributed by atoms with Crippen LogP contribution in [0.2, 0.25) is 0 Å². The van der Waals surface area contributed by atoms with Crippen LogP contribution >= 0.6 is 0 Å². The number of nitrogens with one attached hydrogen (secondary N) is 1. The average molecular weight is 267 g/mol. The number of hydrogen-bond donors (Lipinski definition) is 1. The number of para-hydroxylation sites is 1. The molecule has 1 aliphatic heterocycles. The van der Waals surface area contributed by atoms with E-state index in [0.29, 0.717) is 12.4 Å². The van der Waals surface area contributed by atoms with Gasteiger partial charge in [0.2, 0.25) is 0 Å². The first-order chi connectivity index (χ1) is 9.88. The maximum Gasteiger partial charge on any atom is 0.196 e. The first kappa shape index (κ1) is 11.3. The van der Waals surface area contributed by atoms with Crippen molar-refractivity contribution in [1.82, 2.24) is 9.97 Å². The normalized spacial score (nSPS) is 13.2. The van der Waals surface area contributed by atoms with Crippen LogP contribution in [0, 0.1) is 0 Å². The smallest absolute Gasteiger partial charge is 0.196 e. The van der Waals surface area contributed by atoms with Gasteiger partial charge >= 0.3 is 0 Å². The molecule has 20 heavy (non-hydrogen) atoms. The van der Waals surface area contributed by atoms with Crippen LogP contribution in [-0.4, -0.2) is 23.6 Å². The van der Waals surface area contributed by atoms with Crippen molar-refractivity contribution in [3.05, 3.63) is 36.2 Å². The number of nitrogens with zero attached hydrogens (tertiary/aromatic N) is 2. The van der Waals surface area contributed by atoms with Gasteiger partial charge in [-0.1, -0.05) is 12.1 Å². The van der Waals surface area contributed by atoms with E-state index in [1.54, 1.807) is 6.33 Å². The van der Waals surface area contributed by atoms with Crippen molar-refractivity contribution < 1.29 is 9.15 Å². The summed E-state index contributed by atoms with van der Waals surface area (Å²) in [4.78, 5) is 8.66. The molecule has 2 aromatic heterocycles. The quantitative estimate of drug-likeness (QED) is 0.734. The molecule has 5 heteroatoms. The van der Waals surface area contributed by atoms with E-state index in [4.69, 9.17) is 9.15 Å². The van der Waals surface area contributed by atoms with Crippen molar-refractivity contribution >= 4 is 16.8 Å². The van der Waals surface area contributed by atoms with Gasteiger partial charge in [-0.2, -0.15) is 0 Å². The number of rotatable bonds is 1. The van der Waals surface area contributed by atoms with Crippen LogP contribution in [0.4, 0.5) is 5.82 Å². The second-order valence-corrected chi connectivity index (χ2v) is 4.65. The molecule has 0 amide bonds. The Morgan fingerprint density at radius 2 is 2.10 bits per heavy atom. The van der Waals surface area contributed by atoms with Gasteiger partial charge in [0.1, 0.15) is 23.4 Å². The van der Waals surface area contributed by atoms with Crippen LogP contribution in [0.15, 0.2) is 35.0 Å². The molecule has 0 bridgehead atoms. The minimum atomic E-state index is 0.589. The maximum atomic E-state index is 5.95. The lowest BCUT2D eigenvalue weighted by Crippen LogP contribution is -2.04. The lowest BCUT2D eigenvalue weighted by atomic mass is 10.1. The van der Waals surface area contributed by atoms with Gasteiger partial charge in [-0.15, -0.1) is 0 Å². The van der Waals surface area contributed by atoms with Crippen molar-refractivity contribution in [2.75, 3.05) is 19.0 Å². The summed E-state index contributed by atoms with van der Waals surface area (Å²) in [5.74, 6) is 2.30. The summed E-state index contributed by atoms with van der Waals surface area (Å²) in [6.07, 6.45) is 2.30. The second kappa shape index (κ2) is 4.23. The summed E-state index contributed by atoms with van der Waals surface area (Å²) in [5, 5.41) is 4.09. The Hall–Kier alpha value is -2.56. The highest BCUT2D eigenvalue weighted by atomic mass is 16.5. The van der Waals surface area contributed by atoms with Gasteiger partial charge < -0.3 is 14.5 Å². The van der Waals surface area contributed by atoms with Crippen LogP contribution in [-0.2, 0) is 6.42 Å². The van der Waals surface area contributed by atoms with Crippen molar-refractivity contribution in [2.45, 2.75) is 6.42 Å². The number of anilines is 1. The van der Waals surface area contributed by atoms with E-state index >= 15 is 0 Å². The molecule has 0 atom stereocenters. The zero-order valence-corrected chi connectivity index (χ0v) is 11.0. The lowest BCUT2D eigenvalue weighted by Gasteiger charge is -2.07. The molecule has 0 unspecified atom stereocenters. The molecule has 3 aromatic rings. The summed E-state index contributed by atoms with van der Waals surface area (Å²) >= 11 is 0. The van der Waals surface area contributed by atoms with Gasteiger partial charge in [0.15, 0.2) is 11.5 Å². The zero-order chi connectivity index (χ0) is 13.5. The second-order valence-electron chi connectivity index (χ2n) is 4.65. The third-order valence-electron chi connectivity index (χ3n) is 3.55. The molecular weight excluding hydrogens is 254 g/mol. The molecule has 5 nitrogen and oxygen atoms in total. The molecule has 1 N–H and O–H groups in total. The molecule has 0 aliphatic carbocycles. The molecule has 0 fully saturated rings. The molecule has 0 radical (unpaired) electrons. The Balaban J connectivity index is 2.05. The monoisotopic (exact) mass is 267 g/mol. The molecule has 0 saturated carbocycles. The fraction of sp³-hybridized carbons (Fsp3) is 0.200. The molecule has 0 spiro atoms. The largest absolute Gasteiger partial charge is 0.488 e. The Labute approximate surface area is 115 Å². The minimum Gasteiger partial charge on any atom is -0.488 e. The van der Waals surface area contributed by atoms with Crippen LogP contribution < -0.4 is 10.1 Å². The number of benzene rings is 1. The van der Waals surface area contributed by atoms with E-state index < -0.39 is 0 Å². The number of hydrogen-bond acceptors (Lipinski definition) is 5. The van der Waals surface area contributed by atoms with Crippen molar-refractivity contribution in [1.29, 1.82) is 0 Å². The Kier molecular flexibility index (Phi) is 2.39. The fourth-order valence-corrected chi connectivity index (χ4v) is 2.64. The molecule has 3 heterocycles. The standard InChI is InChI=1S/C15H13N3O2/c1-16-15-10-6-7-19-13-9-4-2-3-5-11(9)20-14(13)12(10)17-8-18-15/h2-5,8H,6-7H2,1H3,(H,16,17,18). The van der Waals surface area contributed by atoms with Crippen LogP contribution in [0.1, 0.15) is 5.56 Å². The molecular formula is C15H13N3O2. The van der Waals surface area contributed by atoms with Gasteiger partial charge in [0.25, 0.3) is 0 Å². The molecule has 1 aromatic carbocycles. The summed E-state index contributed by atoms with van der Waals surface area (Å²) < 4.78 is 11.8. The summed E-state index contributed by atoms with van der Waals surface area (Å²) in [6.45, 7) is 0.589. The number of fused-ring (bicyclic) bond motifs is 5. The van der Waals surface area contributed by atoms with E-state index in [-0.39, 0.29) is 0 Å². The zero-order valence-electron chi connectivity index (χ0n) is 11.0. The SMILES string of the molecule is CNc1ncnc2c1CCOc1c-2oc2ccccc12. The molecule has 4 rings (SSSR count). The number of furan rings is 1. The van der Waals surface area contributed by atoms with Crippen LogP contribution in [0.25, 0.3) is 22.4 Å². The predicted molar refractivity (Wildman–Crippen MR) is 76.0 cm³/mol. The Morgan fingerprint density at radius 3 is 3.00 bits per heavy atom. The topological polar surface area (TPSA) is 60.2 Å².